The largest absolute Gasteiger partial charge is 0.453 e. The van der Waals surface area contributed by atoms with Gasteiger partial charge in [-0.25, -0.2) is 0 Å². The maximum absolute atomic E-state index is 12.6. The second-order valence-electron chi connectivity index (χ2n) is 5.39. The van der Waals surface area contributed by atoms with E-state index in [0.717, 1.165) is 5.69 Å². The van der Waals surface area contributed by atoms with Gasteiger partial charge in [-0.15, -0.1) is 5.10 Å². The van der Waals surface area contributed by atoms with Crippen molar-refractivity contribution in [2.75, 3.05) is 11.5 Å². The molecule has 0 spiro atoms. The topological polar surface area (TPSA) is 59.7 Å². The molecule has 3 rings (SSSR count). The summed E-state index contributed by atoms with van der Waals surface area (Å²) < 4.78 is 7.28. The molecule has 0 saturated carbocycles. The van der Waals surface area contributed by atoms with Gasteiger partial charge in [-0.3, -0.25) is 9.20 Å². The van der Waals surface area contributed by atoms with Crippen molar-refractivity contribution in [2.45, 2.75) is 19.9 Å². The predicted molar refractivity (Wildman–Crippen MR) is 87.5 cm³/mol. The summed E-state index contributed by atoms with van der Waals surface area (Å²) in [7, 11) is 0. The van der Waals surface area contributed by atoms with Gasteiger partial charge >= 0.3 is 6.01 Å². The van der Waals surface area contributed by atoms with E-state index in [4.69, 9.17) is 4.74 Å². The van der Waals surface area contributed by atoms with Crippen LogP contribution in [0, 0.1) is 0 Å². The van der Waals surface area contributed by atoms with Gasteiger partial charge in [-0.05, 0) is 38.1 Å². The van der Waals surface area contributed by atoms with E-state index in [9.17, 15) is 4.79 Å². The molecule has 0 unspecified atom stereocenters. The van der Waals surface area contributed by atoms with Gasteiger partial charge in [-0.2, -0.15) is 0 Å². The minimum atomic E-state index is -0.126. The second kappa shape index (κ2) is 6.48. The zero-order chi connectivity index (χ0) is 16.2. The molecular weight excluding hydrogens is 292 g/mol. The van der Waals surface area contributed by atoms with Crippen LogP contribution in [0.4, 0.5) is 5.69 Å². The Hall–Kier alpha value is -2.89. The highest BCUT2D eigenvalue weighted by molar-refractivity contribution is 5.94. The molecule has 3 aromatic rings. The number of carbonyl (C=O) groups excluding carboxylic acids is 1. The Labute approximate surface area is 134 Å². The Morgan fingerprint density at radius 3 is 2.61 bits per heavy atom. The highest BCUT2D eigenvalue weighted by atomic mass is 16.5. The molecule has 0 aliphatic carbocycles. The lowest BCUT2D eigenvalue weighted by Crippen LogP contribution is -2.40. The lowest BCUT2D eigenvalue weighted by molar-refractivity contribution is -0.121. The van der Waals surface area contributed by atoms with Gasteiger partial charge in [-0.1, -0.05) is 29.4 Å². The molecule has 6 heteroatoms. The number of rotatable bonds is 5. The number of hydrogen-bond acceptors (Lipinski definition) is 4. The summed E-state index contributed by atoms with van der Waals surface area (Å²) >= 11 is 0. The SMILES string of the molecule is CC(C)N(C(=O)COc1nnc2ccccn12)c1ccccc1. The lowest BCUT2D eigenvalue weighted by atomic mass is 10.2. The number of hydrogen-bond donors (Lipinski definition) is 0. The third kappa shape index (κ3) is 3.15. The Balaban J connectivity index is 1.75. The summed E-state index contributed by atoms with van der Waals surface area (Å²) in [5.41, 5.74) is 1.53. The lowest BCUT2D eigenvalue weighted by Gasteiger charge is -2.26. The zero-order valence-corrected chi connectivity index (χ0v) is 13.1. The summed E-state index contributed by atoms with van der Waals surface area (Å²) in [5.74, 6) is -0.126. The average Bonchev–Trinajstić information content (AvgIpc) is 2.97. The summed E-state index contributed by atoms with van der Waals surface area (Å²) in [6.07, 6.45) is 1.80. The number of benzene rings is 1. The fraction of sp³-hybridized carbons (Fsp3) is 0.235. The monoisotopic (exact) mass is 310 g/mol. The molecule has 2 heterocycles. The molecule has 6 nitrogen and oxygen atoms in total. The predicted octanol–water partition coefficient (Wildman–Crippen LogP) is 2.55. The molecule has 0 fully saturated rings. The number of fused-ring (bicyclic) bond motifs is 1. The minimum absolute atomic E-state index is 0.0312. The molecule has 0 N–H and O–H groups in total. The standard InChI is InChI=1S/C17H18N4O2/c1-13(2)21(14-8-4-3-5-9-14)16(22)12-23-17-19-18-15-10-6-7-11-20(15)17/h3-11,13H,12H2,1-2H3. The maximum atomic E-state index is 12.6. The Morgan fingerprint density at radius 2 is 1.87 bits per heavy atom. The summed E-state index contributed by atoms with van der Waals surface area (Å²) in [6.45, 7) is 3.84. The van der Waals surface area contributed by atoms with E-state index in [-0.39, 0.29) is 18.6 Å². The van der Waals surface area contributed by atoms with Crippen molar-refractivity contribution >= 4 is 17.2 Å². The molecule has 23 heavy (non-hydrogen) atoms. The smallest absolute Gasteiger partial charge is 0.322 e. The number of carbonyl (C=O) groups is 1. The van der Waals surface area contributed by atoms with Crippen molar-refractivity contribution in [3.63, 3.8) is 0 Å². The van der Waals surface area contributed by atoms with Crippen LogP contribution in [-0.4, -0.2) is 33.2 Å². The Bertz CT molecular complexity index is 798. The van der Waals surface area contributed by atoms with Gasteiger partial charge < -0.3 is 9.64 Å². The molecule has 1 aromatic carbocycles. The number of ether oxygens (including phenoxy) is 1. The molecule has 0 bridgehead atoms. The van der Waals surface area contributed by atoms with Crippen molar-refractivity contribution in [1.82, 2.24) is 14.6 Å². The number of amides is 1. The van der Waals surface area contributed by atoms with Crippen LogP contribution in [0.15, 0.2) is 54.7 Å². The van der Waals surface area contributed by atoms with Crippen LogP contribution >= 0.6 is 0 Å². The molecule has 0 atom stereocenters. The van der Waals surface area contributed by atoms with E-state index in [1.54, 1.807) is 15.5 Å². The molecule has 0 aliphatic rings. The van der Waals surface area contributed by atoms with Crippen LogP contribution in [0.3, 0.4) is 0 Å². The van der Waals surface area contributed by atoms with E-state index in [2.05, 4.69) is 10.2 Å². The summed E-state index contributed by atoms with van der Waals surface area (Å²) in [4.78, 5) is 14.3. The third-order valence-electron chi connectivity index (χ3n) is 3.43. The number of pyridine rings is 1. The van der Waals surface area contributed by atoms with Crippen LogP contribution in [0.5, 0.6) is 6.01 Å². The molecule has 0 radical (unpaired) electrons. The van der Waals surface area contributed by atoms with Gasteiger partial charge in [0.2, 0.25) is 0 Å². The summed E-state index contributed by atoms with van der Waals surface area (Å²) in [6, 6.07) is 15.4. The van der Waals surface area contributed by atoms with Crippen molar-refractivity contribution < 1.29 is 9.53 Å². The number of anilines is 1. The number of nitrogens with zero attached hydrogens (tertiary/aromatic N) is 4. The van der Waals surface area contributed by atoms with E-state index in [1.807, 2.05) is 62.4 Å². The van der Waals surface area contributed by atoms with Crippen LogP contribution in [0.25, 0.3) is 5.65 Å². The number of aromatic nitrogens is 3. The average molecular weight is 310 g/mol. The molecule has 2 aromatic heterocycles. The highest BCUT2D eigenvalue weighted by Crippen LogP contribution is 2.17. The van der Waals surface area contributed by atoms with E-state index in [0.29, 0.717) is 11.7 Å². The normalized spacial score (nSPS) is 10.9. The van der Waals surface area contributed by atoms with Gasteiger partial charge in [0.15, 0.2) is 12.3 Å². The van der Waals surface area contributed by atoms with E-state index in [1.165, 1.54) is 0 Å². The van der Waals surface area contributed by atoms with E-state index >= 15 is 0 Å². The molecular formula is C17H18N4O2. The highest BCUT2D eigenvalue weighted by Gasteiger charge is 2.20. The first-order chi connectivity index (χ1) is 11.2. The van der Waals surface area contributed by atoms with Gasteiger partial charge in [0.1, 0.15) is 0 Å². The molecule has 1 amide bonds. The van der Waals surface area contributed by atoms with Crippen LogP contribution in [-0.2, 0) is 4.79 Å². The molecule has 0 aliphatic heterocycles. The Kier molecular flexibility index (Phi) is 4.23. The maximum Gasteiger partial charge on any atom is 0.322 e. The fourth-order valence-electron chi connectivity index (χ4n) is 2.43. The van der Waals surface area contributed by atoms with Crippen molar-refractivity contribution in [3.05, 3.63) is 54.7 Å². The third-order valence-corrected chi connectivity index (χ3v) is 3.43. The summed E-state index contributed by atoms with van der Waals surface area (Å²) in [5, 5.41) is 7.96. The first-order valence-corrected chi connectivity index (χ1v) is 7.46. The van der Waals surface area contributed by atoms with E-state index < -0.39 is 0 Å². The molecule has 0 saturated heterocycles. The Morgan fingerprint density at radius 1 is 1.13 bits per heavy atom. The van der Waals surface area contributed by atoms with Crippen molar-refractivity contribution in [2.24, 2.45) is 0 Å². The van der Waals surface area contributed by atoms with Gasteiger partial charge in [0, 0.05) is 17.9 Å². The minimum Gasteiger partial charge on any atom is -0.453 e. The first-order valence-electron chi connectivity index (χ1n) is 7.46. The quantitative estimate of drug-likeness (QED) is 0.726. The number of para-hydroxylation sites is 1. The van der Waals surface area contributed by atoms with Crippen LogP contribution in [0.2, 0.25) is 0 Å². The van der Waals surface area contributed by atoms with Crippen LogP contribution in [0.1, 0.15) is 13.8 Å². The van der Waals surface area contributed by atoms with Crippen LogP contribution < -0.4 is 9.64 Å². The van der Waals surface area contributed by atoms with Crippen molar-refractivity contribution in [1.29, 1.82) is 0 Å². The fourth-order valence-corrected chi connectivity index (χ4v) is 2.43. The second-order valence-corrected chi connectivity index (χ2v) is 5.39. The molecule has 118 valence electrons. The van der Waals surface area contributed by atoms with Crippen molar-refractivity contribution in [3.8, 4) is 6.01 Å². The first kappa shape index (κ1) is 15.0. The zero-order valence-electron chi connectivity index (χ0n) is 13.1. The van der Waals surface area contributed by atoms with Gasteiger partial charge in [0.25, 0.3) is 5.91 Å². The van der Waals surface area contributed by atoms with Gasteiger partial charge in [0.05, 0.1) is 0 Å².